The summed E-state index contributed by atoms with van der Waals surface area (Å²) in [4.78, 5) is 13.2. The molecule has 1 aliphatic heterocycles. The van der Waals surface area contributed by atoms with Crippen LogP contribution in [-0.2, 0) is 4.79 Å². The number of carbonyl (C=O) groups is 1. The molecule has 0 aromatic carbocycles. The van der Waals surface area contributed by atoms with Gasteiger partial charge in [-0.25, -0.2) is 4.39 Å². The van der Waals surface area contributed by atoms with E-state index in [0.29, 0.717) is 0 Å². The van der Waals surface area contributed by atoms with Crippen LogP contribution in [0.5, 0.6) is 0 Å². The van der Waals surface area contributed by atoms with Crippen molar-refractivity contribution in [2.24, 2.45) is 11.8 Å². The van der Waals surface area contributed by atoms with Crippen molar-refractivity contribution in [1.29, 1.82) is 0 Å². The van der Waals surface area contributed by atoms with Gasteiger partial charge in [0.1, 0.15) is 6.17 Å². The summed E-state index contributed by atoms with van der Waals surface area (Å²) in [5.74, 6) is 0.173. The Kier molecular flexibility index (Phi) is 3.28. The highest BCUT2D eigenvalue weighted by atomic mass is 19.1. The van der Waals surface area contributed by atoms with E-state index in [1.165, 1.54) is 0 Å². The third-order valence-electron chi connectivity index (χ3n) is 2.67. The third-order valence-corrected chi connectivity index (χ3v) is 2.67. The van der Waals surface area contributed by atoms with Crippen molar-refractivity contribution < 1.29 is 9.18 Å². The van der Waals surface area contributed by atoms with Crippen LogP contribution in [0.4, 0.5) is 4.39 Å². The summed E-state index contributed by atoms with van der Waals surface area (Å²) in [6.07, 6.45) is -0.0453. The molecule has 1 fully saturated rings. The molecule has 3 heteroatoms. The minimum absolute atomic E-state index is 0.0133. The summed E-state index contributed by atoms with van der Waals surface area (Å²) in [6.45, 7) is 6.62. The number of piperidine rings is 1. The highest BCUT2D eigenvalue weighted by molar-refractivity contribution is 5.78. The topological polar surface area (TPSA) is 20.3 Å². The van der Waals surface area contributed by atoms with E-state index < -0.39 is 6.17 Å². The molecule has 76 valence electrons. The standard InChI is InChI=1S/C10H18FNO/c1-7(2)10(13)12-5-4-8(3)9(11)6-12/h7-9H,4-6H2,1-3H3/t8-,9-/m1/s1. The van der Waals surface area contributed by atoms with Crippen LogP contribution in [0.1, 0.15) is 27.2 Å². The van der Waals surface area contributed by atoms with Crippen molar-refractivity contribution in [2.45, 2.75) is 33.4 Å². The highest BCUT2D eigenvalue weighted by Crippen LogP contribution is 2.20. The van der Waals surface area contributed by atoms with Crippen molar-refractivity contribution in [1.82, 2.24) is 4.90 Å². The molecule has 1 heterocycles. The molecule has 0 radical (unpaired) electrons. The van der Waals surface area contributed by atoms with Crippen molar-refractivity contribution in [3.63, 3.8) is 0 Å². The molecule has 0 bridgehead atoms. The summed E-state index contributed by atoms with van der Waals surface area (Å²) < 4.78 is 13.3. The molecule has 0 spiro atoms. The minimum Gasteiger partial charge on any atom is -0.340 e. The zero-order chi connectivity index (χ0) is 10.0. The number of rotatable bonds is 1. The molecule has 0 aliphatic carbocycles. The Labute approximate surface area is 79.1 Å². The second kappa shape index (κ2) is 4.07. The van der Waals surface area contributed by atoms with Gasteiger partial charge in [-0.3, -0.25) is 4.79 Å². The molecular formula is C10H18FNO. The first kappa shape index (κ1) is 10.5. The van der Waals surface area contributed by atoms with Crippen LogP contribution in [0, 0.1) is 11.8 Å². The normalized spacial score (nSPS) is 29.5. The van der Waals surface area contributed by atoms with E-state index in [-0.39, 0.29) is 24.3 Å². The Morgan fingerprint density at radius 2 is 2.15 bits per heavy atom. The quantitative estimate of drug-likeness (QED) is 0.613. The summed E-state index contributed by atoms with van der Waals surface area (Å²) in [5.41, 5.74) is 0. The molecule has 1 saturated heterocycles. The Hall–Kier alpha value is -0.600. The van der Waals surface area contributed by atoms with Gasteiger partial charge in [0.2, 0.25) is 5.91 Å². The lowest BCUT2D eigenvalue weighted by Crippen LogP contribution is -2.45. The number of alkyl halides is 1. The lowest BCUT2D eigenvalue weighted by atomic mass is 9.96. The number of nitrogens with zero attached hydrogens (tertiary/aromatic N) is 1. The molecule has 0 N–H and O–H groups in total. The number of amides is 1. The van der Waals surface area contributed by atoms with Crippen LogP contribution in [0.3, 0.4) is 0 Å². The van der Waals surface area contributed by atoms with Crippen LogP contribution in [0.2, 0.25) is 0 Å². The van der Waals surface area contributed by atoms with E-state index in [9.17, 15) is 9.18 Å². The first-order valence-electron chi connectivity index (χ1n) is 4.95. The smallest absolute Gasteiger partial charge is 0.225 e. The average Bonchev–Trinajstić information content (AvgIpc) is 2.08. The molecular weight excluding hydrogens is 169 g/mol. The van der Waals surface area contributed by atoms with Crippen LogP contribution < -0.4 is 0 Å². The van der Waals surface area contributed by atoms with E-state index >= 15 is 0 Å². The number of likely N-dealkylation sites (tertiary alicyclic amines) is 1. The van der Waals surface area contributed by atoms with Gasteiger partial charge in [0.05, 0.1) is 6.54 Å². The summed E-state index contributed by atoms with van der Waals surface area (Å²) in [5, 5.41) is 0. The van der Waals surface area contributed by atoms with Crippen molar-refractivity contribution in [2.75, 3.05) is 13.1 Å². The molecule has 13 heavy (non-hydrogen) atoms. The maximum absolute atomic E-state index is 13.3. The lowest BCUT2D eigenvalue weighted by Gasteiger charge is -2.34. The van der Waals surface area contributed by atoms with Gasteiger partial charge in [0.15, 0.2) is 0 Å². The van der Waals surface area contributed by atoms with Crippen LogP contribution in [-0.4, -0.2) is 30.1 Å². The monoisotopic (exact) mass is 187 g/mol. The molecule has 0 aromatic rings. The lowest BCUT2D eigenvalue weighted by molar-refractivity contribution is -0.137. The highest BCUT2D eigenvalue weighted by Gasteiger charge is 2.29. The third kappa shape index (κ3) is 2.42. The Bertz CT molecular complexity index is 193. The number of halogens is 1. The molecule has 0 unspecified atom stereocenters. The van der Waals surface area contributed by atoms with E-state index in [4.69, 9.17) is 0 Å². The fraction of sp³-hybridized carbons (Fsp3) is 0.900. The Morgan fingerprint density at radius 3 is 2.62 bits per heavy atom. The zero-order valence-electron chi connectivity index (χ0n) is 8.59. The van der Waals surface area contributed by atoms with Gasteiger partial charge in [0, 0.05) is 12.5 Å². The first-order valence-corrected chi connectivity index (χ1v) is 4.95. The van der Waals surface area contributed by atoms with Crippen molar-refractivity contribution >= 4 is 5.91 Å². The number of hydrogen-bond donors (Lipinski definition) is 0. The second-order valence-corrected chi connectivity index (χ2v) is 4.22. The first-order chi connectivity index (χ1) is 6.02. The maximum atomic E-state index is 13.3. The second-order valence-electron chi connectivity index (χ2n) is 4.22. The Morgan fingerprint density at radius 1 is 1.54 bits per heavy atom. The van der Waals surface area contributed by atoms with Gasteiger partial charge >= 0.3 is 0 Å². The SMILES string of the molecule is CC(C)C(=O)N1CC[C@@H](C)[C@H](F)C1. The maximum Gasteiger partial charge on any atom is 0.225 e. The molecule has 1 rings (SSSR count). The summed E-state index contributed by atoms with van der Waals surface area (Å²) >= 11 is 0. The van der Waals surface area contributed by atoms with E-state index in [0.717, 1.165) is 13.0 Å². The van der Waals surface area contributed by atoms with Gasteiger partial charge in [-0.05, 0) is 12.3 Å². The van der Waals surface area contributed by atoms with Gasteiger partial charge in [-0.1, -0.05) is 20.8 Å². The van der Waals surface area contributed by atoms with Crippen LogP contribution >= 0.6 is 0 Å². The summed E-state index contributed by atoms with van der Waals surface area (Å²) in [7, 11) is 0. The molecule has 0 saturated carbocycles. The largest absolute Gasteiger partial charge is 0.340 e. The fourth-order valence-corrected chi connectivity index (χ4v) is 1.59. The molecule has 0 aromatic heterocycles. The predicted octanol–water partition coefficient (Wildman–Crippen LogP) is 1.85. The fourth-order valence-electron chi connectivity index (χ4n) is 1.59. The predicted molar refractivity (Wildman–Crippen MR) is 50.1 cm³/mol. The van der Waals surface area contributed by atoms with E-state index in [1.54, 1.807) is 4.90 Å². The molecule has 1 aliphatic rings. The minimum atomic E-state index is -0.837. The number of carbonyl (C=O) groups excluding carboxylic acids is 1. The van der Waals surface area contributed by atoms with Crippen molar-refractivity contribution in [3.8, 4) is 0 Å². The molecule has 2 nitrogen and oxygen atoms in total. The Balaban J connectivity index is 2.50. The van der Waals surface area contributed by atoms with Gasteiger partial charge in [-0.15, -0.1) is 0 Å². The van der Waals surface area contributed by atoms with Gasteiger partial charge in [-0.2, -0.15) is 0 Å². The van der Waals surface area contributed by atoms with Gasteiger partial charge in [0.25, 0.3) is 0 Å². The van der Waals surface area contributed by atoms with E-state index in [2.05, 4.69) is 0 Å². The van der Waals surface area contributed by atoms with E-state index in [1.807, 2.05) is 20.8 Å². The zero-order valence-corrected chi connectivity index (χ0v) is 8.59. The summed E-state index contributed by atoms with van der Waals surface area (Å²) in [6, 6.07) is 0. The van der Waals surface area contributed by atoms with Crippen LogP contribution in [0.15, 0.2) is 0 Å². The molecule has 1 amide bonds. The van der Waals surface area contributed by atoms with Crippen LogP contribution in [0.25, 0.3) is 0 Å². The number of hydrogen-bond acceptors (Lipinski definition) is 1. The molecule has 2 atom stereocenters. The van der Waals surface area contributed by atoms with Gasteiger partial charge < -0.3 is 4.90 Å². The average molecular weight is 187 g/mol. The van der Waals surface area contributed by atoms with Crippen molar-refractivity contribution in [3.05, 3.63) is 0 Å².